The fourth-order valence-electron chi connectivity index (χ4n) is 1.13. The summed E-state index contributed by atoms with van der Waals surface area (Å²) in [5.41, 5.74) is 13.4. The van der Waals surface area contributed by atoms with E-state index in [1.807, 2.05) is 19.9 Å². The van der Waals surface area contributed by atoms with E-state index in [2.05, 4.69) is 20.9 Å². The van der Waals surface area contributed by atoms with Crippen LogP contribution in [0, 0.1) is 6.92 Å². The van der Waals surface area contributed by atoms with Crippen molar-refractivity contribution in [3.8, 4) is 0 Å². The van der Waals surface area contributed by atoms with Gasteiger partial charge in [0.2, 0.25) is 0 Å². The molecule has 1 rings (SSSR count). The number of nitrogen functional groups attached to an aromatic ring is 1. The van der Waals surface area contributed by atoms with E-state index in [-0.39, 0.29) is 6.04 Å². The summed E-state index contributed by atoms with van der Waals surface area (Å²) in [5, 5.41) is 0. The van der Waals surface area contributed by atoms with Crippen molar-refractivity contribution in [3.05, 3.63) is 21.8 Å². The Bertz CT molecular complexity index is 312. The summed E-state index contributed by atoms with van der Waals surface area (Å²) in [7, 11) is 0. The second kappa shape index (κ2) is 4.07. The standard InChI is InChI=1S/C9H14BrN3/c1-3-8(11)6-4-7(10)5(2)13-9(6)12/h4,8H,3,11H2,1-2H3,(H2,12,13). The lowest BCUT2D eigenvalue weighted by Gasteiger charge is -2.12. The highest BCUT2D eigenvalue weighted by molar-refractivity contribution is 9.10. The smallest absolute Gasteiger partial charge is 0.128 e. The zero-order valence-electron chi connectivity index (χ0n) is 7.84. The number of hydrogen-bond donors (Lipinski definition) is 2. The maximum Gasteiger partial charge on any atom is 0.128 e. The van der Waals surface area contributed by atoms with Gasteiger partial charge in [-0.2, -0.15) is 0 Å². The van der Waals surface area contributed by atoms with E-state index < -0.39 is 0 Å². The molecule has 1 heterocycles. The normalized spacial score (nSPS) is 12.9. The SMILES string of the molecule is CCC(N)c1cc(Br)c(C)nc1N. The highest BCUT2D eigenvalue weighted by Gasteiger charge is 2.10. The number of hydrogen-bond acceptors (Lipinski definition) is 3. The van der Waals surface area contributed by atoms with Crippen LogP contribution in [0.15, 0.2) is 10.5 Å². The van der Waals surface area contributed by atoms with Crippen molar-refractivity contribution in [2.75, 3.05) is 5.73 Å². The van der Waals surface area contributed by atoms with Gasteiger partial charge in [-0.25, -0.2) is 4.98 Å². The number of aromatic nitrogens is 1. The van der Waals surface area contributed by atoms with Gasteiger partial charge in [0.25, 0.3) is 0 Å². The Labute approximate surface area is 86.7 Å². The first-order valence-electron chi connectivity index (χ1n) is 4.24. The van der Waals surface area contributed by atoms with Gasteiger partial charge >= 0.3 is 0 Å². The van der Waals surface area contributed by atoms with Crippen LogP contribution in [0.1, 0.15) is 30.6 Å². The third-order valence-electron chi connectivity index (χ3n) is 2.05. The van der Waals surface area contributed by atoms with Gasteiger partial charge < -0.3 is 11.5 Å². The van der Waals surface area contributed by atoms with E-state index in [9.17, 15) is 0 Å². The molecule has 4 heteroatoms. The molecular weight excluding hydrogens is 230 g/mol. The Kier molecular flexibility index (Phi) is 3.27. The monoisotopic (exact) mass is 243 g/mol. The van der Waals surface area contributed by atoms with Crippen molar-refractivity contribution < 1.29 is 0 Å². The number of anilines is 1. The molecule has 0 bridgehead atoms. The molecule has 0 saturated heterocycles. The highest BCUT2D eigenvalue weighted by Crippen LogP contribution is 2.25. The summed E-state index contributed by atoms with van der Waals surface area (Å²) in [6.45, 7) is 3.93. The number of halogens is 1. The first-order chi connectivity index (χ1) is 6.06. The van der Waals surface area contributed by atoms with Crippen molar-refractivity contribution in [2.24, 2.45) is 5.73 Å². The van der Waals surface area contributed by atoms with Crippen LogP contribution in [0.25, 0.3) is 0 Å². The van der Waals surface area contributed by atoms with Crippen LogP contribution >= 0.6 is 15.9 Å². The minimum absolute atomic E-state index is 0.0237. The van der Waals surface area contributed by atoms with Crippen molar-refractivity contribution in [1.29, 1.82) is 0 Å². The molecule has 1 unspecified atom stereocenters. The van der Waals surface area contributed by atoms with Gasteiger partial charge in [-0.15, -0.1) is 0 Å². The second-order valence-corrected chi connectivity index (χ2v) is 3.90. The van der Waals surface area contributed by atoms with Crippen LogP contribution in [-0.4, -0.2) is 4.98 Å². The van der Waals surface area contributed by atoms with Crippen LogP contribution in [0.3, 0.4) is 0 Å². The lowest BCUT2D eigenvalue weighted by Crippen LogP contribution is -2.12. The van der Waals surface area contributed by atoms with Gasteiger partial charge in [0.1, 0.15) is 5.82 Å². The molecule has 1 aromatic rings. The van der Waals surface area contributed by atoms with Gasteiger partial charge in [0.05, 0.1) is 5.69 Å². The minimum Gasteiger partial charge on any atom is -0.383 e. The Morgan fingerprint density at radius 1 is 1.62 bits per heavy atom. The molecule has 0 aliphatic carbocycles. The van der Waals surface area contributed by atoms with Crippen LogP contribution in [0.2, 0.25) is 0 Å². The molecule has 0 spiro atoms. The van der Waals surface area contributed by atoms with Gasteiger partial charge in [-0.3, -0.25) is 0 Å². The quantitative estimate of drug-likeness (QED) is 0.837. The van der Waals surface area contributed by atoms with E-state index in [1.54, 1.807) is 0 Å². The molecule has 0 radical (unpaired) electrons. The Hall–Kier alpha value is -0.610. The lowest BCUT2D eigenvalue weighted by molar-refractivity contribution is 0.697. The van der Waals surface area contributed by atoms with E-state index in [0.717, 1.165) is 22.2 Å². The molecule has 72 valence electrons. The first kappa shape index (κ1) is 10.5. The Balaban J connectivity index is 3.15. The lowest BCUT2D eigenvalue weighted by atomic mass is 10.1. The van der Waals surface area contributed by atoms with Crippen molar-refractivity contribution in [3.63, 3.8) is 0 Å². The van der Waals surface area contributed by atoms with Gasteiger partial charge in [0, 0.05) is 16.1 Å². The van der Waals surface area contributed by atoms with E-state index in [0.29, 0.717) is 5.82 Å². The average Bonchev–Trinajstić information content (AvgIpc) is 2.10. The molecule has 0 aromatic carbocycles. The molecule has 3 nitrogen and oxygen atoms in total. The number of nitrogens with zero attached hydrogens (tertiary/aromatic N) is 1. The molecule has 0 fully saturated rings. The summed E-state index contributed by atoms with van der Waals surface area (Å²) >= 11 is 3.40. The van der Waals surface area contributed by atoms with Crippen molar-refractivity contribution in [1.82, 2.24) is 4.98 Å². The fraction of sp³-hybridized carbons (Fsp3) is 0.444. The topological polar surface area (TPSA) is 64.9 Å². The third-order valence-corrected chi connectivity index (χ3v) is 2.85. The maximum atomic E-state index is 5.87. The molecule has 4 N–H and O–H groups in total. The minimum atomic E-state index is -0.0237. The molecule has 0 saturated carbocycles. The second-order valence-electron chi connectivity index (χ2n) is 3.04. The largest absolute Gasteiger partial charge is 0.383 e. The van der Waals surface area contributed by atoms with Gasteiger partial charge in [0.15, 0.2) is 0 Å². The molecule has 1 aromatic heterocycles. The zero-order valence-corrected chi connectivity index (χ0v) is 9.43. The summed E-state index contributed by atoms with van der Waals surface area (Å²) in [6, 6.07) is 1.93. The van der Waals surface area contributed by atoms with Crippen LogP contribution in [-0.2, 0) is 0 Å². The summed E-state index contributed by atoms with van der Waals surface area (Å²) in [6.07, 6.45) is 0.862. The fourth-order valence-corrected chi connectivity index (χ4v) is 1.47. The van der Waals surface area contributed by atoms with Crippen LogP contribution in [0.4, 0.5) is 5.82 Å². The first-order valence-corrected chi connectivity index (χ1v) is 5.03. The summed E-state index contributed by atoms with van der Waals surface area (Å²) in [4.78, 5) is 4.19. The molecule has 0 amide bonds. The molecule has 13 heavy (non-hydrogen) atoms. The van der Waals surface area contributed by atoms with Crippen molar-refractivity contribution in [2.45, 2.75) is 26.3 Å². The Morgan fingerprint density at radius 2 is 2.23 bits per heavy atom. The van der Waals surface area contributed by atoms with Crippen molar-refractivity contribution >= 4 is 21.7 Å². The van der Waals surface area contributed by atoms with E-state index in [1.165, 1.54) is 0 Å². The third kappa shape index (κ3) is 2.19. The average molecular weight is 244 g/mol. The molecule has 0 aliphatic rings. The summed E-state index contributed by atoms with van der Waals surface area (Å²) in [5.74, 6) is 0.537. The van der Waals surface area contributed by atoms with Crippen LogP contribution < -0.4 is 11.5 Å². The maximum absolute atomic E-state index is 5.87. The number of aryl methyl sites for hydroxylation is 1. The number of nitrogens with two attached hydrogens (primary N) is 2. The Morgan fingerprint density at radius 3 is 2.77 bits per heavy atom. The highest BCUT2D eigenvalue weighted by atomic mass is 79.9. The number of pyridine rings is 1. The van der Waals surface area contributed by atoms with Gasteiger partial charge in [-0.1, -0.05) is 6.92 Å². The zero-order chi connectivity index (χ0) is 10.0. The molecular formula is C9H14BrN3. The predicted molar refractivity (Wildman–Crippen MR) is 58.3 cm³/mol. The molecule has 0 aliphatic heterocycles. The summed E-state index contributed by atoms with van der Waals surface area (Å²) < 4.78 is 0.959. The number of rotatable bonds is 2. The molecule has 1 atom stereocenters. The van der Waals surface area contributed by atoms with E-state index >= 15 is 0 Å². The van der Waals surface area contributed by atoms with E-state index in [4.69, 9.17) is 11.5 Å². The van der Waals surface area contributed by atoms with Gasteiger partial charge in [-0.05, 0) is 35.3 Å². The van der Waals surface area contributed by atoms with Crippen LogP contribution in [0.5, 0.6) is 0 Å². The predicted octanol–water partition coefficient (Wildman–Crippen LogP) is 2.14.